The molecule has 0 aromatic heterocycles. The molecule has 0 spiro atoms. The van der Waals surface area contributed by atoms with Crippen LogP contribution in [0.25, 0.3) is 0 Å². The van der Waals surface area contributed by atoms with E-state index in [2.05, 4.69) is 18.7 Å². The molecule has 8 atom stereocenters. The molecule has 0 radical (unpaired) electrons. The molecule has 0 aromatic carbocycles. The average molecular weight is 370 g/mol. The van der Waals surface area contributed by atoms with Crippen LogP contribution in [0.3, 0.4) is 0 Å². The summed E-state index contributed by atoms with van der Waals surface area (Å²) in [5, 5.41) is 10.7. The Morgan fingerprint density at radius 1 is 1.00 bits per heavy atom. The summed E-state index contributed by atoms with van der Waals surface area (Å²) >= 11 is 0. The molecule has 148 valence electrons. The van der Waals surface area contributed by atoms with Crippen LogP contribution in [0.4, 0.5) is 0 Å². The normalized spacial score (nSPS) is 53.7. The van der Waals surface area contributed by atoms with Crippen LogP contribution in [0.15, 0.2) is 11.3 Å². The number of ketones is 1. The number of hydrogen-bond donors (Lipinski definition) is 1. The summed E-state index contributed by atoms with van der Waals surface area (Å²) in [6.07, 6.45) is 11.8. The SMILES string of the molecule is C[C@]12CC3=C(C[C@@H]1CC[C@@H]1[C@@H]2CC[C@]2(C)[C@@H](O)CC[C@@H]12)N1CCCC1C3=O. The van der Waals surface area contributed by atoms with Crippen LogP contribution >= 0.6 is 0 Å². The Morgan fingerprint density at radius 2 is 1.81 bits per heavy atom. The summed E-state index contributed by atoms with van der Waals surface area (Å²) in [5.41, 5.74) is 3.17. The first-order chi connectivity index (χ1) is 12.9. The van der Waals surface area contributed by atoms with Crippen molar-refractivity contribution >= 4 is 5.78 Å². The molecule has 3 nitrogen and oxygen atoms in total. The highest BCUT2D eigenvalue weighted by atomic mass is 16.3. The third-order valence-electron chi connectivity index (χ3n) is 10.6. The number of fused-ring (bicyclic) bond motifs is 7. The lowest BCUT2D eigenvalue weighted by atomic mass is 9.45. The molecule has 1 unspecified atom stereocenters. The number of carbonyl (C=O) groups is 1. The lowest BCUT2D eigenvalue weighted by Gasteiger charge is -2.60. The summed E-state index contributed by atoms with van der Waals surface area (Å²) in [6.45, 7) is 6.03. The van der Waals surface area contributed by atoms with Gasteiger partial charge in [0, 0.05) is 17.8 Å². The van der Waals surface area contributed by atoms with Crippen LogP contribution in [-0.2, 0) is 4.79 Å². The molecule has 0 bridgehead atoms. The smallest absolute Gasteiger partial charge is 0.182 e. The molecule has 2 heterocycles. The van der Waals surface area contributed by atoms with Gasteiger partial charge in [-0.1, -0.05) is 13.8 Å². The van der Waals surface area contributed by atoms with E-state index in [1.807, 2.05) is 0 Å². The summed E-state index contributed by atoms with van der Waals surface area (Å²) in [5.74, 6) is 3.50. The third kappa shape index (κ3) is 2.00. The standard InChI is InChI=1S/C24H35NO2/c1-23-10-9-18-15(17(23)7-8-21(23)26)6-5-14-12-20-16(13-24(14,18)2)22(27)19-4-3-11-25(19)20/h14-15,17-19,21,26H,3-13H2,1-2H3/t14-,15-,17-,18-,19?,21-,23-,24-/m0/s1. The fraction of sp³-hybridized carbons (Fsp3) is 0.875. The molecular weight excluding hydrogens is 334 g/mol. The minimum atomic E-state index is -0.0850. The number of aliphatic hydroxyl groups is 1. The summed E-state index contributed by atoms with van der Waals surface area (Å²) in [6, 6.07) is 0.203. The maximum Gasteiger partial charge on any atom is 0.182 e. The van der Waals surface area contributed by atoms with Gasteiger partial charge in [-0.2, -0.15) is 0 Å². The lowest BCUT2D eigenvalue weighted by Crippen LogP contribution is -2.53. The van der Waals surface area contributed by atoms with Crippen LogP contribution < -0.4 is 0 Å². The molecule has 1 saturated heterocycles. The molecular formula is C24H35NO2. The molecule has 3 saturated carbocycles. The molecule has 0 aromatic rings. The number of hydrogen-bond acceptors (Lipinski definition) is 3. The maximum atomic E-state index is 13.1. The van der Waals surface area contributed by atoms with Gasteiger partial charge in [0.25, 0.3) is 0 Å². The predicted octanol–water partition coefficient (Wildman–Crippen LogP) is 4.30. The molecule has 6 aliphatic rings. The molecule has 4 fully saturated rings. The Morgan fingerprint density at radius 3 is 2.67 bits per heavy atom. The molecule has 1 N–H and O–H groups in total. The zero-order chi connectivity index (χ0) is 18.6. The van der Waals surface area contributed by atoms with Gasteiger partial charge in [-0.25, -0.2) is 0 Å². The molecule has 6 rings (SSSR count). The van der Waals surface area contributed by atoms with Crippen LogP contribution in [0.5, 0.6) is 0 Å². The summed E-state index contributed by atoms with van der Waals surface area (Å²) in [4.78, 5) is 15.6. The topological polar surface area (TPSA) is 40.5 Å². The first kappa shape index (κ1) is 17.1. The molecule has 0 amide bonds. The second kappa shape index (κ2) is 5.40. The Bertz CT molecular complexity index is 728. The van der Waals surface area contributed by atoms with Crippen molar-refractivity contribution in [2.24, 2.45) is 34.5 Å². The quantitative estimate of drug-likeness (QED) is 0.692. The van der Waals surface area contributed by atoms with E-state index in [1.165, 1.54) is 56.2 Å². The number of carbonyl (C=O) groups excluding carboxylic acids is 1. The number of allylic oxidation sites excluding steroid dienone is 1. The minimum absolute atomic E-state index is 0.0850. The van der Waals surface area contributed by atoms with E-state index in [4.69, 9.17) is 0 Å². The fourth-order valence-electron chi connectivity index (χ4n) is 9.04. The highest BCUT2D eigenvalue weighted by Crippen LogP contribution is 2.67. The highest BCUT2D eigenvalue weighted by molar-refractivity contribution is 6.03. The fourth-order valence-corrected chi connectivity index (χ4v) is 9.04. The first-order valence-corrected chi connectivity index (χ1v) is 11.6. The highest BCUT2D eigenvalue weighted by Gasteiger charge is 2.61. The first-order valence-electron chi connectivity index (χ1n) is 11.6. The zero-order valence-electron chi connectivity index (χ0n) is 17.0. The monoisotopic (exact) mass is 369 g/mol. The average Bonchev–Trinajstić information content (AvgIpc) is 3.30. The molecule has 27 heavy (non-hydrogen) atoms. The molecule has 3 heteroatoms. The van der Waals surface area contributed by atoms with Gasteiger partial charge in [0.1, 0.15) is 0 Å². The van der Waals surface area contributed by atoms with E-state index >= 15 is 0 Å². The number of aliphatic hydroxyl groups excluding tert-OH is 1. The lowest BCUT2D eigenvalue weighted by molar-refractivity contribution is -0.121. The van der Waals surface area contributed by atoms with Crippen LogP contribution in [0.2, 0.25) is 0 Å². The second-order valence-electron chi connectivity index (χ2n) is 11.3. The summed E-state index contributed by atoms with van der Waals surface area (Å²) in [7, 11) is 0. The Kier molecular flexibility index (Phi) is 3.41. The van der Waals surface area contributed by atoms with E-state index in [-0.39, 0.29) is 17.6 Å². The van der Waals surface area contributed by atoms with Gasteiger partial charge in [0.15, 0.2) is 5.78 Å². The van der Waals surface area contributed by atoms with Crippen molar-refractivity contribution in [3.63, 3.8) is 0 Å². The van der Waals surface area contributed by atoms with Crippen LogP contribution in [0.1, 0.15) is 78.1 Å². The van der Waals surface area contributed by atoms with Gasteiger partial charge in [-0.15, -0.1) is 0 Å². The number of Topliss-reactive ketones (excluding diaryl/α,β-unsaturated/α-hetero) is 1. The van der Waals surface area contributed by atoms with Crippen molar-refractivity contribution < 1.29 is 9.90 Å². The van der Waals surface area contributed by atoms with Gasteiger partial charge >= 0.3 is 0 Å². The van der Waals surface area contributed by atoms with Crippen molar-refractivity contribution in [1.29, 1.82) is 0 Å². The van der Waals surface area contributed by atoms with Crippen molar-refractivity contribution in [2.45, 2.75) is 90.2 Å². The third-order valence-corrected chi connectivity index (χ3v) is 10.6. The van der Waals surface area contributed by atoms with Crippen molar-refractivity contribution in [1.82, 2.24) is 4.90 Å². The van der Waals surface area contributed by atoms with Crippen LogP contribution in [0, 0.1) is 34.5 Å². The largest absolute Gasteiger partial charge is 0.393 e. The van der Waals surface area contributed by atoms with Gasteiger partial charge in [-0.3, -0.25) is 4.79 Å². The molecule has 4 aliphatic carbocycles. The zero-order valence-corrected chi connectivity index (χ0v) is 17.0. The van der Waals surface area contributed by atoms with Gasteiger partial charge in [0.2, 0.25) is 0 Å². The van der Waals surface area contributed by atoms with Crippen molar-refractivity contribution in [2.75, 3.05) is 6.54 Å². The molecule has 2 aliphatic heterocycles. The Balaban J connectivity index is 1.34. The van der Waals surface area contributed by atoms with Gasteiger partial charge in [-0.05, 0) is 98.7 Å². The second-order valence-corrected chi connectivity index (χ2v) is 11.3. The summed E-state index contributed by atoms with van der Waals surface area (Å²) < 4.78 is 0. The Hall–Kier alpha value is -0.830. The number of rotatable bonds is 0. The van der Waals surface area contributed by atoms with Crippen molar-refractivity contribution in [3.05, 3.63) is 11.3 Å². The van der Waals surface area contributed by atoms with Gasteiger partial charge in [0.05, 0.1) is 12.1 Å². The number of nitrogens with zero attached hydrogens (tertiary/aromatic N) is 1. The van der Waals surface area contributed by atoms with Crippen LogP contribution in [-0.4, -0.2) is 34.5 Å². The van der Waals surface area contributed by atoms with Gasteiger partial charge < -0.3 is 10.0 Å². The predicted molar refractivity (Wildman–Crippen MR) is 105 cm³/mol. The van der Waals surface area contributed by atoms with E-state index in [1.54, 1.807) is 0 Å². The van der Waals surface area contributed by atoms with E-state index in [0.29, 0.717) is 17.1 Å². The van der Waals surface area contributed by atoms with E-state index in [9.17, 15) is 9.90 Å². The Labute approximate surface area is 163 Å². The minimum Gasteiger partial charge on any atom is -0.393 e. The van der Waals surface area contributed by atoms with E-state index in [0.717, 1.165) is 43.6 Å². The van der Waals surface area contributed by atoms with Crippen molar-refractivity contribution in [3.8, 4) is 0 Å². The van der Waals surface area contributed by atoms with E-state index < -0.39 is 0 Å². The maximum absolute atomic E-state index is 13.1.